The van der Waals surface area contributed by atoms with E-state index in [-0.39, 0.29) is 24.2 Å². The molecule has 0 aromatic heterocycles. The van der Waals surface area contributed by atoms with Crippen LogP contribution in [-0.4, -0.2) is 5.09 Å². The van der Waals surface area contributed by atoms with Crippen molar-refractivity contribution < 1.29 is 29.3 Å². The van der Waals surface area contributed by atoms with Crippen LogP contribution in [0.25, 0.3) is 0 Å². The van der Waals surface area contributed by atoms with Crippen molar-refractivity contribution in [2.45, 2.75) is 0 Å². The van der Waals surface area contributed by atoms with E-state index in [4.69, 9.17) is 25.4 Å². The number of nitrogens with zero attached hydrogens (tertiary/aromatic N) is 1. The molecule has 0 aliphatic carbocycles. The summed E-state index contributed by atoms with van der Waals surface area (Å²) in [5.41, 5.74) is 0. The van der Waals surface area contributed by atoms with Gasteiger partial charge < -0.3 is 15.3 Å². The fourth-order valence-electron chi connectivity index (χ4n) is 0. The van der Waals surface area contributed by atoms with E-state index < -0.39 is 5.09 Å². The van der Waals surface area contributed by atoms with Gasteiger partial charge in [0.05, 0.1) is 5.09 Å². The average molecular weight is 116 g/mol. The Hall–Kier alpha value is -0.803. The molecule has 0 amide bonds. The topological polar surface area (TPSA) is 120 Å². The van der Waals surface area contributed by atoms with E-state index >= 15 is 0 Å². The Labute approximate surface area is 55.5 Å². The quantitative estimate of drug-likeness (QED) is 0.193. The standard InChI is InChI=1S/Li.NO3.HNO2/c;2-1(3)4;2-1-3/h;;1H/q+1;-1;. The van der Waals surface area contributed by atoms with E-state index in [1.165, 1.54) is 0 Å². The zero-order chi connectivity index (χ0) is 6.28. The normalized spacial score (nSPS) is 4.50. The van der Waals surface area contributed by atoms with Crippen LogP contribution >= 0.6 is 0 Å². The first-order valence-electron chi connectivity index (χ1n) is 0.956. The van der Waals surface area contributed by atoms with Crippen LogP contribution in [0, 0.1) is 25.4 Å². The number of hydrogen-bond acceptors (Lipinski definition) is 5. The molecule has 0 aromatic carbocycles. The van der Waals surface area contributed by atoms with E-state index in [9.17, 15) is 0 Å². The van der Waals surface area contributed by atoms with Crippen molar-refractivity contribution in [3.8, 4) is 0 Å². The predicted molar refractivity (Wildman–Crippen MR) is 18.1 cm³/mol. The third-order valence-corrected chi connectivity index (χ3v) is 0. The van der Waals surface area contributed by atoms with Crippen LogP contribution in [0.1, 0.15) is 0 Å². The third-order valence-electron chi connectivity index (χ3n) is 0. The van der Waals surface area contributed by atoms with Crippen LogP contribution in [0.5, 0.6) is 0 Å². The summed E-state index contributed by atoms with van der Waals surface area (Å²) in [7, 11) is 0. The van der Waals surface area contributed by atoms with Crippen molar-refractivity contribution in [2.75, 3.05) is 0 Å². The van der Waals surface area contributed by atoms with E-state index in [0.29, 0.717) is 0 Å². The Morgan fingerprint density at radius 1 is 1.38 bits per heavy atom. The maximum atomic E-state index is 8.25. The second-order valence-corrected chi connectivity index (χ2v) is 0.307. The van der Waals surface area contributed by atoms with Crippen molar-refractivity contribution >= 4 is 0 Å². The van der Waals surface area contributed by atoms with Crippen molar-refractivity contribution in [1.29, 1.82) is 0 Å². The predicted octanol–water partition coefficient (Wildman–Crippen LogP) is -4.90. The van der Waals surface area contributed by atoms with Gasteiger partial charge in [-0.1, -0.05) is 0 Å². The van der Waals surface area contributed by atoms with Crippen LogP contribution in [0.3, 0.4) is 0 Å². The summed E-state index contributed by atoms with van der Waals surface area (Å²) in [6, 6.07) is 0. The van der Waals surface area contributed by atoms with Gasteiger partial charge in [0.15, 0.2) is 0 Å². The number of hydrogen-bond donors (Lipinski definition) is 1. The van der Waals surface area contributed by atoms with Crippen molar-refractivity contribution in [3.05, 3.63) is 25.4 Å². The molecular weight excluding hydrogens is 115 g/mol. The molecule has 8 heavy (non-hydrogen) atoms. The van der Waals surface area contributed by atoms with Gasteiger partial charge in [-0.3, -0.25) is 10.1 Å². The molecule has 0 atom stereocenters. The summed E-state index contributed by atoms with van der Waals surface area (Å²) in [4.78, 5) is 16.4. The molecular formula is HLiN2O5. The second-order valence-electron chi connectivity index (χ2n) is 0.307. The smallest absolute Gasteiger partial charge is 0.356 e. The third kappa shape index (κ3) is 142. The first kappa shape index (κ1) is 15.7. The minimum atomic E-state index is -1.75. The Kier molecular flexibility index (Phi) is 32.1. The molecule has 0 spiro atoms. The SMILES string of the molecule is O=[N+]([O-])[O-].O=[NH+][O-].[Li+]. The van der Waals surface area contributed by atoms with Gasteiger partial charge in [-0.2, -0.15) is 0 Å². The molecule has 0 radical (unpaired) electrons. The first-order valence-corrected chi connectivity index (χ1v) is 0.956. The summed E-state index contributed by atoms with van der Waals surface area (Å²) < 4.78 is 0. The largest absolute Gasteiger partial charge is 1.00 e. The van der Waals surface area contributed by atoms with Gasteiger partial charge in [0, 0.05) is 5.34 Å². The van der Waals surface area contributed by atoms with Gasteiger partial charge in [-0.15, -0.1) is 0 Å². The molecule has 0 saturated heterocycles. The van der Waals surface area contributed by atoms with E-state index in [1.807, 2.05) is 0 Å². The van der Waals surface area contributed by atoms with E-state index in [0.717, 1.165) is 0 Å². The molecule has 0 rings (SSSR count). The molecule has 0 heterocycles. The first-order chi connectivity index (χ1) is 3.15. The molecule has 7 nitrogen and oxygen atoms in total. The van der Waals surface area contributed by atoms with Crippen molar-refractivity contribution in [2.24, 2.45) is 0 Å². The molecule has 0 aliphatic heterocycles. The van der Waals surface area contributed by atoms with Crippen LogP contribution in [0.4, 0.5) is 0 Å². The summed E-state index contributed by atoms with van der Waals surface area (Å²) in [5, 5.41) is 23.1. The van der Waals surface area contributed by atoms with Gasteiger partial charge in [0.1, 0.15) is 0 Å². The molecule has 0 unspecified atom stereocenters. The molecule has 0 aromatic rings. The number of nitrogens with one attached hydrogen (secondary N) is 1. The molecule has 0 saturated carbocycles. The number of rotatable bonds is 0. The zero-order valence-corrected chi connectivity index (χ0v) is 3.99. The van der Waals surface area contributed by atoms with Crippen molar-refractivity contribution in [3.63, 3.8) is 0 Å². The van der Waals surface area contributed by atoms with Crippen LogP contribution in [0.15, 0.2) is 0 Å². The van der Waals surface area contributed by atoms with Gasteiger partial charge in [-0.25, -0.2) is 0 Å². The fraction of sp³-hybridized carbons (Fsp3) is 0. The molecule has 0 aliphatic rings. The van der Waals surface area contributed by atoms with Crippen molar-refractivity contribution in [1.82, 2.24) is 0 Å². The Bertz CT molecular complexity index is 57.4. The Balaban J connectivity index is -0.0000000575. The fourth-order valence-corrected chi connectivity index (χ4v) is 0. The molecule has 8 heteroatoms. The minimum absolute atomic E-state index is 0. The van der Waals surface area contributed by atoms with E-state index in [2.05, 4.69) is 0 Å². The summed E-state index contributed by atoms with van der Waals surface area (Å²) in [6.07, 6.45) is 0. The molecule has 1 N–H and O–H groups in total. The maximum Gasteiger partial charge on any atom is 1.00 e. The van der Waals surface area contributed by atoms with Gasteiger partial charge >= 0.3 is 18.9 Å². The van der Waals surface area contributed by atoms with Gasteiger partial charge in [-0.05, 0) is 0 Å². The minimum Gasteiger partial charge on any atom is -0.356 e. The summed E-state index contributed by atoms with van der Waals surface area (Å²) in [6.45, 7) is 0. The molecule has 0 bridgehead atoms. The molecule has 0 fully saturated rings. The van der Waals surface area contributed by atoms with Crippen LogP contribution in [-0.2, 0) is 0 Å². The van der Waals surface area contributed by atoms with Crippen LogP contribution < -0.4 is 24.2 Å². The monoisotopic (exact) mass is 116 g/mol. The molecule has 42 valence electrons. The van der Waals surface area contributed by atoms with Gasteiger partial charge in [0.2, 0.25) is 0 Å². The van der Waals surface area contributed by atoms with Gasteiger partial charge in [0.25, 0.3) is 0 Å². The average Bonchev–Trinajstić information content (AvgIpc) is 1.33. The second kappa shape index (κ2) is 16.4. The zero-order valence-electron chi connectivity index (χ0n) is 3.99. The summed E-state index contributed by atoms with van der Waals surface area (Å²) in [5.74, 6) is 0. The Morgan fingerprint density at radius 2 is 1.38 bits per heavy atom. The van der Waals surface area contributed by atoms with Crippen LogP contribution in [0.2, 0.25) is 0 Å². The summed E-state index contributed by atoms with van der Waals surface area (Å²) >= 11 is 0. The maximum absolute atomic E-state index is 8.25. The Morgan fingerprint density at radius 3 is 1.38 bits per heavy atom. The van der Waals surface area contributed by atoms with E-state index in [1.54, 1.807) is 0 Å².